The van der Waals surface area contributed by atoms with Crippen molar-refractivity contribution >= 4 is 28.4 Å². The number of benzene rings is 2. The smallest absolute Gasteiger partial charge is 0.247 e. The first kappa shape index (κ1) is 23.9. The van der Waals surface area contributed by atoms with Crippen LogP contribution in [0.4, 0.5) is 0 Å². The Labute approximate surface area is 211 Å². The lowest BCUT2D eigenvalue weighted by atomic mass is 9.92. The van der Waals surface area contributed by atoms with Crippen LogP contribution in [0.5, 0.6) is 5.75 Å². The molecule has 3 heterocycles. The van der Waals surface area contributed by atoms with Crippen LogP contribution >= 0.6 is 11.6 Å². The van der Waals surface area contributed by atoms with Gasteiger partial charge in [-0.25, -0.2) is 0 Å². The van der Waals surface area contributed by atoms with E-state index in [4.69, 9.17) is 21.1 Å². The van der Waals surface area contributed by atoms with Crippen molar-refractivity contribution < 1.29 is 14.3 Å². The Balaban J connectivity index is 1.35. The van der Waals surface area contributed by atoms with E-state index in [1.54, 1.807) is 12.2 Å². The van der Waals surface area contributed by atoms with Crippen LogP contribution in [0, 0.1) is 0 Å². The number of aromatic amines is 1. The summed E-state index contributed by atoms with van der Waals surface area (Å²) in [4.78, 5) is 20.9. The van der Waals surface area contributed by atoms with Crippen LogP contribution in [0.25, 0.3) is 10.9 Å². The summed E-state index contributed by atoms with van der Waals surface area (Å²) in [5, 5.41) is 1.86. The summed E-state index contributed by atoms with van der Waals surface area (Å²) in [5.74, 6) is 0.866. The van der Waals surface area contributed by atoms with E-state index in [1.807, 2.05) is 42.2 Å². The molecule has 0 spiro atoms. The van der Waals surface area contributed by atoms with Gasteiger partial charge in [-0.15, -0.1) is 0 Å². The number of carbonyl (C=O) groups is 1. The van der Waals surface area contributed by atoms with Gasteiger partial charge >= 0.3 is 0 Å². The molecule has 35 heavy (non-hydrogen) atoms. The Morgan fingerprint density at radius 1 is 1.17 bits per heavy atom. The number of hydrogen-bond donors (Lipinski definition) is 1. The Morgan fingerprint density at radius 3 is 2.74 bits per heavy atom. The SMILES string of the molecule is C/C=C/C(=O)N1CCc2c([nH]c3ccc(Cl)cc23)C1c1ccc(OCCCN2CCOCC2)cc1. The van der Waals surface area contributed by atoms with Crippen molar-refractivity contribution in [2.24, 2.45) is 0 Å². The quantitative estimate of drug-likeness (QED) is 0.373. The number of rotatable bonds is 7. The van der Waals surface area contributed by atoms with Crippen molar-refractivity contribution in [2.45, 2.75) is 25.8 Å². The number of allylic oxidation sites excluding steroid dienone is 1. The van der Waals surface area contributed by atoms with Gasteiger partial charge in [0.25, 0.3) is 0 Å². The second-order valence-corrected chi connectivity index (χ2v) is 9.55. The summed E-state index contributed by atoms with van der Waals surface area (Å²) >= 11 is 6.30. The average molecular weight is 494 g/mol. The zero-order valence-electron chi connectivity index (χ0n) is 20.1. The van der Waals surface area contributed by atoms with Crippen molar-refractivity contribution in [1.29, 1.82) is 0 Å². The van der Waals surface area contributed by atoms with Gasteiger partial charge in [0.2, 0.25) is 5.91 Å². The first-order chi connectivity index (χ1) is 17.1. The number of morpholine rings is 1. The highest BCUT2D eigenvalue weighted by molar-refractivity contribution is 6.31. The second-order valence-electron chi connectivity index (χ2n) is 9.12. The topological polar surface area (TPSA) is 57.8 Å². The van der Waals surface area contributed by atoms with Crippen LogP contribution in [0.2, 0.25) is 5.02 Å². The van der Waals surface area contributed by atoms with E-state index in [1.165, 1.54) is 5.56 Å². The first-order valence-electron chi connectivity index (χ1n) is 12.4. The van der Waals surface area contributed by atoms with Gasteiger partial charge in [0.1, 0.15) is 5.75 Å². The summed E-state index contributed by atoms with van der Waals surface area (Å²) in [6.07, 6.45) is 5.22. The zero-order chi connectivity index (χ0) is 24.2. The molecule has 1 N–H and O–H groups in total. The molecule has 184 valence electrons. The number of nitrogens with zero attached hydrogens (tertiary/aromatic N) is 2. The molecule has 1 amide bonds. The minimum absolute atomic E-state index is 0.0169. The molecule has 7 heteroatoms. The number of carbonyl (C=O) groups excluding carboxylic acids is 1. The normalized spacial score (nSPS) is 18.8. The molecule has 1 atom stereocenters. The molecular weight excluding hydrogens is 462 g/mol. The van der Waals surface area contributed by atoms with Crippen molar-refractivity contribution in [1.82, 2.24) is 14.8 Å². The lowest BCUT2D eigenvalue weighted by Crippen LogP contribution is -2.39. The van der Waals surface area contributed by atoms with Gasteiger partial charge in [0.15, 0.2) is 0 Å². The number of fused-ring (bicyclic) bond motifs is 3. The minimum atomic E-state index is -0.191. The van der Waals surface area contributed by atoms with Gasteiger partial charge in [-0.1, -0.05) is 29.8 Å². The van der Waals surface area contributed by atoms with E-state index in [2.05, 4.69) is 22.0 Å². The van der Waals surface area contributed by atoms with Gasteiger partial charge in [-0.2, -0.15) is 0 Å². The largest absolute Gasteiger partial charge is 0.494 e. The third-order valence-corrected chi connectivity index (χ3v) is 7.10. The molecule has 2 aromatic carbocycles. The van der Waals surface area contributed by atoms with E-state index >= 15 is 0 Å². The van der Waals surface area contributed by atoms with Gasteiger partial charge in [0.05, 0.1) is 25.9 Å². The van der Waals surface area contributed by atoms with Gasteiger partial charge in [-0.3, -0.25) is 9.69 Å². The summed E-state index contributed by atoms with van der Waals surface area (Å²) in [6.45, 7) is 7.88. The standard InChI is InChI=1S/C28H32ClN3O3/c1-2-4-26(33)32-13-11-23-24-19-21(29)7-10-25(24)30-27(23)28(32)20-5-8-22(9-6-20)35-16-3-12-31-14-17-34-18-15-31/h2,4-10,19,28,30H,3,11-18H2,1H3/b4-2+. The fourth-order valence-electron chi connectivity index (χ4n) is 5.13. The summed E-state index contributed by atoms with van der Waals surface area (Å²) in [5.41, 5.74) is 4.40. The molecule has 6 nitrogen and oxygen atoms in total. The Kier molecular flexibility index (Phi) is 7.42. The molecular formula is C28H32ClN3O3. The monoisotopic (exact) mass is 493 g/mol. The fraction of sp³-hybridized carbons (Fsp3) is 0.393. The Bertz CT molecular complexity index is 1200. The Hall–Kier alpha value is -2.80. The number of ether oxygens (including phenoxy) is 2. The van der Waals surface area contributed by atoms with Crippen molar-refractivity contribution in [2.75, 3.05) is 46.0 Å². The maximum absolute atomic E-state index is 13.0. The van der Waals surface area contributed by atoms with Crippen molar-refractivity contribution in [3.63, 3.8) is 0 Å². The van der Waals surface area contributed by atoms with Gasteiger partial charge in [-0.05, 0) is 67.3 Å². The van der Waals surface area contributed by atoms with E-state index in [9.17, 15) is 4.79 Å². The Morgan fingerprint density at radius 2 is 1.97 bits per heavy atom. The van der Waals surface area contributed by atoms with Crippen LogP contribution in [-0.4, -0.2) is 66.7 Å². The molecule has 2 aliphatic heterocycles. The number of amides is 1. The van der Waals surface area contributed by atoms with E-state index in [0.29, 0.717) is 13.2 Å². The molecule has 3 aromatic rings. The summed E-state index contributed by atoms with van der Waals surface area (Å²) in [6, 6.07) is 13.9. The highest BCUT2D eigenvalue weighted by Gasteiger charge is 2.33. The van der Waals surface area contributed by atoms with Crippen molar-refractivity contribution in [3.05, 3.63) is 76.5 Å². The van der Waals surface area contributed by atoms with E-state index in [0.717, 1.165) is 78.6 Å². The van der Waals surface area contributed by atoms with Gasteiger partial charge in [0, 0.05) is 47.8 Å². The molecule has 0 radical (unpaired) electrons. The number of H-pyrrole nitrogens is 1. The highest BCUT2D eigenvalue weighted by atomic mass is 35.5. The predicted octanol–water partition coefficient (Wildman–Crippen LogP) is 4.97. The average Bonchev–Trinajstić information content (AvgIpc) is 3.25. The molecule has 1 fully saturated rings. The molecule has 1 unspecified atom stereocenters. The lowest BCUT2D eigenvalue weighted by molar-refractivity contribution is -0.128. The molecule has 1 aromatic heterocycles. The summed E-state index contributed by atoms with van der Waals surface area (Å²) in [7, 11) is 0. The van der Waals surface area contributed by atoms with Crippen LogP contribution in [0.15, 0.2) is 54.6 Å². The van der Waals surface area contributed by atoms with Crippen molar-refractivity contribution in [3.8, 4) is 5.75 Å². The van der Waals surface area contributed by atoms with Crippen LogP contribution in [-0.2, 0) is 16.0 Å². The second kappa shape index (κ2) is 10.9. The number of aromatic nitrogens is 1. The molecule has 0 bridgehead atoms. The molecule has 1 saturated heterocycles. The van der Waals surface area contributed by atoms with E-state index in [-0.39, 0.29) is 11.9 Å². The maximum Gasteiger partial charge on any atom is 0.247 e. The third kappa shape index (κ3) is 5.25. The van der Waals surface area contributed by atoms with Gasteiger partial charge < -0.3 is 19.4 Å². The molecule has 0 aliphatic carbocycles. The zero-order valence-corrected chi connectivity index (χ0v) is 20.9. The lowest BCUT2D eigenvalue weighted by Gasteiger charge is -2.35. The van der Waals surface area contributed by atoms with E-state index < -0.39 is 0 Å². The van der Waals surface area contributed by atoms with Crippen LogP contribution < -0.4 is 4.74 Å². The minimum Gasteiger partial charge on any atom is -0.494 e. The van der Waals surface area contributed by atoms with Crippen LogP contribution in [0.3, 0.4) is 0 Å². The number of halogens is 1. The molecule has 5 rings (SSSR count). The third-order valence-electron chi connectivity index (χ3n) is 6.87. The number of nitrogens with one attached hydrogen (secondary N) is 1. The predicted molar refractivity (Wildman–Crippen MR) is 139 cm³/mol. The molecule has 0 saturated carbocycles. The maximum atomic E-state index is 13.0. The highest BCUT2D eigenvalue weighted by Crippen LogP contribution is 2.39. The summed E-state index contributed by atoms with van der Waals surface area (Å²) < 4.78 is 11.4. The first-order valence-corrected chi connectivity index (χ1v) is 12.8. The number of hydrogen-bond acceptors (Lipinski definition) is 4. The van der Waals surface area contributed by atoms with Crippen LogP contribution in [0.1, 0.15) is 36.2 Å². The fourth-order valence-corrected chi connectivity index (χ4v) is 5.30. The molecule has 2 aliphatic rings.